The van der Waals surface area contributed by atoms with Gasteiger partial charge in [0.15, 0.2) is 0 Å². The first kappa shape index (κ1) is 22.7. The normalized spacial score (nSPS) is 11.4. The molecule has 4 aromatic rings. The fourth-order valence-electron chi connectivity index (χ4n) is 3.57. The van der Waals surface area contributed by atoms with E-state index in [1.165, 1.54) is 6.20 Å². The molecule has 0 saturated heterocycles. The highest BCUT2D eigenvalue weighted by atomic mass is 16.6. The lowest BCUT2D eigenvalue weighted by molar-refractivity contribution is -0.136. The molecule has 0 aliphatic rings. The summed E-state index contributed by atoms with van der Waals surface area (Å²) < 4.78 is 5.51. The van der Waals surface area contributed by atoms with Crippen LogP contribution in [0, 0.1) is 0 Å². The topological polar surface area (TPSA) is 101 Å². The van der Waals surface area contributed by atoms with Gasteiger partial charge in [-0.05, 0) is 34.7 Å². The molecule has 3 aromatic carbocycles. The summed E-state index contributed by atoms with van der Waals surface area (Å²) in [5, 5.41) is 19.5. The molecule has 1 heterocycles. The van der Waals surface area contributed by atoms with Gasteiger partial charge in [0.05, 0.1) is 24.5 Å². The highest BCUT2D eigenvalue weighted by Gasteiger charge is 2.14. The Kier molecular flexibility index (Phi) is 6.93. The molecule has 1 atom stereocenters. The van der Waals surface area contributed by atoms with Gasteiger partial charge in [-0.2, -0.15) is 10.2 Å². The first-order valence-electron chi connectivity index (χ1n) is 10.7. The fraction of sp³-hybridized carbons (Fsp3) is 0.111. The third-order valence-corrected chi connectivity index (χ3v) is 5.36. The van der Waals surface area contributed by atoms with Crippen molar-refractivity contribution in [2.75, 3.05) is 5.32 Å². The highest BCUT2D eigenvalue weighted by molar-refractivity contribution is 5.91. The van der Waals surface area contributed by atoms with Crippen LogP contribution in [0.4, 0.5) is 10.5 Å². The number of hydrogen-bond donors (Lipinski definition) is 2. The molecule has 0 spiro atoms. The van der Waals surface area contributed by atoms with Crippen molar-refractivity contribution in [3.63, 3.8) is 0 Å². The van der Waals surface area contributed by atoms with Crippen LogP contribution >= 0.6 is 0 Å². The molecule has 0 aliphatic heterocycles. The standard InChI is InChI=1S/C27H23N3O4/c1-18(20-5-3-2-4-6-20)34-27(33)30-25-17-29-28-16-24(25)23-13-11-22(12-14-23)21-9-7-19(8-10-21)15-26(31)32/h2-14,16-18H,15H2,1H3,(H,31,32)(H,28,30,33). The predicted molar refractivity (Wildman–Crippen MR) is 129 cm³/mol. The Balaban J connectivity index is 1.48. The number of nitrogens with zero attached hydrogens (tertiary/aromatic N) is 2. The van der Waals surface area contributed by atoms with Crippen LogP contribution in [-0.4, -0.2) is 27.4 Å². The molecule has 0 fully saturated rings. The number of aliphatic carboxylic acids is 1. The van der Waals surface area contributed by atoms with E-state index in [2.05, 4.69) is 15.5 Å². The number of rotatable bonds is 7. The van der Waals surface area contributed by atoms with E-state index in [0.717, 1.165) is 27.8 Å². The summed E-state index contributed by atoms with van der Waals surface area (Å²) in [6.45, 7) is 1.81. The monoisotopic (exact) mass is 453 g/mol. The van der Waals surface area contributed by atoms with Crippen LogP contribution in [0.2, 0.25) is 0 Å². The quantitative estimate of drug-likeness (QED) is 0.370. The minimum Gasteiger partial charge on any atom is -0.481 e. The molecular weight excluding hydrogens is 430 g/mol. The predicted octanol–water partition coefficient (Wildman–Crippen LogP) is 5.75. The molecule has 0 bridgehead atoms. The maximum absolute atomic E-state index is 12.5. The Hall–Kier alpha value is -4.52. The summed E-state index contributed by atoms with van der Waals surface area (Å²) >= 11 is 0. The number of carbonyl (C=O) groups is 2. The number of ether oxygens (including phenoxy) is 1. The molecule has 1 aromatic heterocycles. The van der Waals surface area contributed by atoms with Gasteiger partial charge in [-0.15, -0.1) is 0 Å². The number of carbonyl (C=O) groups excluding carboxylic acids is 1. The number of amides is 1. The average Bonchev–Trinajstić information content (AvgIpc) is 2.85. The van der Waals surface area contributed by atoms with E-state index >= 15 is 0 Å². The van der Waals surface area contributed by atoms with Gasteiger partial charge < -0.3 is 9.84 Å². The number of benzene rings is 3. The van der Waals surface area contributed by atoms with Crippen molar-refractivity contribution in [2.24, 2.45) is 0 Å². The van der Waals surface area contributed by atoms with Crippen molar-refractivity contribution in [1.29, 1.82) is 0 Å². The molecule has 2 N–H and O–H groups in total. The highest BCUT2D eigenvalue weighted by Crippen LogP contribution is 2.29. The summed E-state index contributed by atoms with van der Waals surface area (Å²) in [5.74, 6) is -0.856. The molecule has 1 unspecified atom stereocenters. The first-order valence-corrected chi connectivity index (χ1v) is 10.7. The summed E-state index contributed by atoms with van der Waals surface area (Å²) in [7, 11) is 0. The van der Waals surface area contributed by atoms with Gasteiger partial charge in [-0.1, -0.05) is 78.9 Å². The molecule has 0 saturated carbocycles. The third-order valence-electron chi connectivity index (χ3n) is 5.36. The van der Waals surface area contributed by atoms with Crippen LogP contribution in [-0.2, 0) is 16.0 Å². The Morgan fingerprint density at radius 3 is 2.09 bits per heavy atom. The van der Waals surface area contributed by atoms with E-state index in [-0.39, 0.29) is 6.42 Å². The second-order valence-corrected chi connectivity index (χ2v) is 7.74. The molecule has 0 aliphatic carbocycles. The van der Waals surface area contributed by atoms with Crippen LogP contribution in [0.15, 0.2) is 91.3 Å². The average molecular weight is 453 g/mol. The van der Waals surface area contributed by atoms with Crippen LogP contribution in [0.5, 0.6) is 0 Å². The Bertz CT molecular complexity index is 1270. The van der Waals surface area contributed by atoms with E-state index in [1.54, 1.807) is 6.20 Å². The Morgan fingerprint density at radius 2 is 1.44 bits per heavy atom. The van der Waals surface area contributed by atoms with Gasteiger partial charge in [0, 0.05) is 5.56 Å². The van der Waals surface area contributed by atoms with Gasteiger partial charge in [0.1, 0.15) is 6.10 Å². The van der Waals surface area contributed by atoms with Gasteiger partial charge >= 0.3 is 12.1 Å². The lowest BCUT2D eigenvalue weighted by Gasteiger charge is -2.15. The Morgan fingerprint density at radius 1 is 0.853 bits per heavy atom. The molecule has 1 amide bonds. The zero-order valence-electron chi connectivity index (χ0n) is 18.5. The molecule has 7 nitrogen and oxygen atoms in total. The zero-order valence-corrected chi connectivity index (χ0v) is 18.5. The van der Waals surface area contributed by atoms with Crippen LogP contribution in [0.3, 0.4) is 0 Å². The number of hydrogen-bond acceptors (Lipinski definition) is 5. The molecule has 7 heteroatoms. The van der Waals surface area contributed by atoms with Crippen LogP contribution in [0.25, 0.3) is 22.3 Å². The number of nitrogens with one attached hydrogen (secondary N) is 1. The van der Waals surface area contributed by atoms with E-state index in [4.69, 9.17) is 9.84 Å². The van der Waals surface area contributed by atoms with E-state index < -0.39 is 18.2 Å². The molecule has 4 rings (SSSR count). The summed E-state index contributed by atoms with van der Waals surface area (Å²) in [5.41, 5.74) is 5.67. The maximum Gasteiger partial charge on any atom is 0.412 e. The van der Waals surface area contributed by atoms with Crippen molar-refractivity contribution in [1.82, 2.24) is 10.2 Å². The lowest BCUT2D eigenvalue weighted by atomic mass is 9.99. The molecule has 34 heavy (non-hydrogen) atoms. The van der Waals surface area contributed by atoms with E-state index in [1.807, 2.05) is 85.8 Å². The summed E-state index contributed by atoms with van der Waals surface area (Å²) in [6, 6.07) is 24.7. The van der Waals surface area contributed by atoms with Gasteiger partial charge in [-0.25, -0.2) is 4.79 Å². The SMILES string of the molecule is CC(OC(=O)Nc1cnncc1-c1ccc(-c2ccc(CC(=O)O)cc2)cc1)c1ccccc1. The first-order chi connectivity index (χ1) is 16.5. The molecular formula is C27H23N3O4. The Labute approximate surface area is 197 Å². The van der Waals surface area contributed by atoms with Crippen LogP contribution in [0.1, 0.15) is 24.2 Å². The van der Waals surface area contributed by atoms with Crippen molar-refractivity contribution in [3.05, 3.63) is 102 Å². The largest absolute Gasteiger partial charge is 0.481 e. The maximum atomic E-state index is 12.5. The minimum absolute atomic E-state index is 0.00337. The minimum atomic E-state index is -0.856. The van der Waals surface area contributed by atoms with Crippen molar-refractivity contribution < 1.29 is 19.4 Å². The second-order valence-electron chi connectivity index (χ2n) is 7.74. The third kappa shape index (κ3) is 5.63. The summed E-state index contributed by atoms with van der Waals surface area (Å²) in [4.78, 5) is 23.4. The van der Waals surface area contributed by atoms with Crippen molar-refractivity contribution in [2.45, 2.75) is 19.4 Å². The molecule has 0 radical (unpaired) electrons. The van der Waals surface area contributed by atoms with E-state index in [0.29, 0.717) is 11.3 Å². The van der Waals surface area contributed by atoms with Gasteiger partial charge in [0.25, 0.3) is 0 Å². The van der Waals surface area contributed by atoms with Crippen LogP contribution < -0.4 is 5.32 Å². The summed E-state index contributed by atoms with van der Waals surface area (Å²) in [6.07, 6.45) is 2.09. The smallest absolute Gasteiger partial charge is 0.412 e. The van der Waals surface area contributed by atoms with E-state index in [9.17, 15) is 9.59 Å². The van der Waals surface area contributed by atoms with Gasteiger partial charge in [-0.3, -0.25) is 10.1 Å². The molecule has 170 valence electrons. The zero-order chi connectivity index (χ0) is 23.9. The number of carboxylic acids is 1. The van der Waals surface area contributed by atoms with Gasteiger partial charge in [0.2, 0.25) is 0 Å². The second kappa shape index (κ2) is 10.4. The fourth-order valence-corrected chi connectivity index (χ4v) is 3.57. The van der Waals surface area contributed by atoms with Crippen molar-refractivity contribution in [3.8, 4) is 22.3 Å². The lowest BCUT2D eigenvalue weighted by Crippen LogP contribution is -2.16. The number of carboxylic acid groups (broad SMARTS) is 1. The van der Waals surface area contributed by atoms with Crippen molar-refractivity contribution >= 4 is 17.7 Å². The number of anilines is 1. The number of aromatic nitrogens is 2.